The summed E-state index contributed by atoms with van der Waals surface area (Å²) in [6.07, 6.45) is 2.32. The molecule has 0 radical (unpaired) electrons. The van der Waals surface area contributed by atoms with E-state index in [4.69, 9.17) is 15.2 Å². The van der Waals surface area contributed by atoms with Crippen molar-refractivity contribution in [3.63, 3.8) is 0 Å². The normalized spacial score (nSPS) is 18.7. The van der Waals surface area contributed by atoms with Crippen molar-refractivity contribution in [2.75, 3.05) is 52.0 Å². The number of nitrogens with zero attached hydrogens (tertiary/aromatic N) is 2. The molecule has 21 heavy (non-hydrogen) atoms. The molecule has 2 N–H and O–H groups in total. The smallest absolute Gasteiger partial charge is 0.265 e. The highest BCUT2D eigenvalue weighted by Gasteiger charge is 2.29. The Morgan fingerprint density at radius 1 is 1.43 bits per heavy atom. The van der Waals surface area contributed by atoms with E-state index in [9.17, 15) is 4.79 Å². The lowest BCUT2D eigenvalue weighted by Gasteiger charge is -2.32. The average molecular weight is 313 g/mol. The maximum absolute atomic E-state index is 12.2. The summed E-state index contributed by atoms with van der Waals surface area (Å²) >= 11 is 1.40. The van der Waals surface area contributed by atoms with Gasteiger partial charge in [-0.15, -0.1) is 11.3 Å². The fraction of sp³-hybridized carbons (Fsp3) is 0.643. The molecule has 0 aliphatic carbocycles. The van der Waals surface area contributed by atoms with Crippen LogP contribution in [0.2, 0.25) is 0 Å². The third-order valence-electron chi connectivity index (χ3n) is 3.69. The zero-order valence-electron chi connectivity index (χ0n) is 13.0. The Morgan fingerprint density at radius 2 is 2.14 bits per heavy atom. The van der Waals surface area contributed by atoms with Gasteiger partial charge in [-0.05, 0) is 12.8 Å². The monoisotopic (exact) mass is 313 g/mol. The van der Waals surface area contributed by atoms with Crippen molar-refractivity contribution in [1.29, 1.82) is 0 Å². The van der Waals surface area contributed by atoms with Crippen LogP contribution in [-0.4, -0.2) is 58.3 Å². The minimum atomic E-state index is -0.0950. The number of rotatable bonds is 4. The van der Waals surface area contributed by atoms with Crippen molar-refractivity contribution in [3.05, 3.63) is 4.88 Å². The van der Waals surface area contributed by atoms with E-state index in [1.165, 1.54) is 16.2 Å². The lowest BCUT2D eigenvalue weighted by atomic mass is 10.1. The molecule has 1 aromatic rings. The summed E-state index contributed by atoms with van der Waals surface area (Å²) in [7, 11) is 6.75. The topological polar surface area (TPSA) is 68.0 Å². The fourth-order valence-electron chi connectivity index (χ4n) is 2.50. The maximum atomic E-state index is 12.2. The molecule has 6 nitrogen and oxygen atoms in total. The Balaban J connectivity index is 2.35. The molecule has 0 spiro atoms. The second-order valence-corrected chi connectivity index (χ2v) is 6.33. The Bertz CT molecular complexity index is 516. The number of carbonyl (C=O) groups is 1. The molecule has 2 heterocycles. The average Bonchev–Trinajstić information content (AvgIpc) is 2.83. The highest BCUT2D eigenvalue weighted by molar-refractivity contribution is 7.19. The van der Waals surface area contributed by atoms with Gasteiger partial charge in [0.2, 0.25) is 0 Å². The van der Waals surface area contributed by atoms with Crippen molar-refractivity contribution in [2.45, 2.75) is 18.9 Å². The fourth-order valence-corrected chi connectivity index (χ4v) is 3.75. The Kier molecular flexibility index (Phi) is 4.95. The van der Waals surface area contributed by atoms with Gasteiger partial charge in [0.1, 0.15) is 15.6 Å². The van der Waals surface area contributed by atoms with E-state index < -0.39 is 0 Å². The van der Waals surface area contributed by atoms with Crippen LogP contribution in [0.15, 0.2) is 0 Å². The first-order valence-corrected chi connectivity index (χ1v) is 7.76. The van der Waals surface area contributed by atoms with Gasteiger partial charge in [-0.2, -0.15) is 0 Å². The van der Waals surface area contributed by atoms with Crippen LogP contribution in [-0.2, 0) is 4.74 Å². The van der Waals surface area contributed by atoms with Crippen molar-refractivity contribution in [2.24, 2.45) is 0 Å². The number of thiophene rings is 1. The van der Waals surface area contributed by atoms with E-state index >= 15 is 0 Å². The molecule has 1 unspecified atom stereocenters. The van der Waals surface area contributed by atoms with Gasteiger partial charge >= 0.3 is 0 Å². The van der Waals surface area contributed by atoms with Crippen molar-refractivity contribution in [3.8, 4) is 5.75 Å². The number of anilines is 2. The minimum Gasteiger partial charge on any atom is -0.492 e. The van der Waals surface area contributed by atoms with Gasteiger partial charge < -0.3 is 25.0 Å². The summed E-state index contributed by atoms with van der Waals surface area (Å²) in [6, 6.07) is 0. The molecule has 1 aromatic heterocycles. The Morgan fingerprint density at radius 3 is 2.71 bits per heavy atom. The first-order valence-electron chi connectivity index (χ1n) is 6.95. The van der Waals surface area contributed by atoms with Crippen LogP contribution < -0.4 is 15.4 Å². The quantitative estimate of drug-likeness (QED) is 0.915. The second kappa shape index (κ2) is 6.53. The third kappa shape index (κ3) is 3.08. The van der Waals surface area contributed by atoms with Crippen LogP contribution in [0, 0.1) is 0 Å². The summed E-state index contributed by atoms with van der Waals surface area (Å²) in [4.78, 5) is 16.5. The number of piperidine rings is 1. The molecule has 1 aliphatic heterocycles. The highest BCUT2D eigenvalue weighted by Crippen LogP contribution is 2.45. The van der Waals surface area contributed by atoms with E-state index in [-0.39, 0.29) is 12.0 Å². The van der Waals surface area contributed by atoms with E-state index in [1.54, 1.807) is 28.3 Å². The van der Waals surface area contributed by atoms with Gasteiger partial charge in [-0.25, -0.2) is 0 Å². The van der Waals surface area contributed by atoms with Gasteiger partial charge in [0, 0.05) is 34.3 Å². The van der Waals surface area contributed by atoms with E-state index in [0.717, 1.165) is 30.9 Å². The second-order valence-electron chi connectivity index (χ2n) is 5.33. The maximum Gasteiger partial charge on any atom is 0.265 e. The standard InChI is InChI=1S/C14H23N3O3S/c1-16(2)13(18)12-10(15)11(20-4)14(21-12)17-7-5-6-9(8-17)19-3/h9H,5-8,15H2,1-4H3. The van der Waals surface area contributed by atoms with Crippen molar-refractivity contribution in [1.82, 2.24) is 4.90 Å². The van der Waals surface area contributed by atoms with E-state index in [2.05, 4.69) is 4.90 Å². The Hall–Kier alpha value is -1.47. The molecule has 118 valence electrons. The number of ether oxygens (including phenoxy) is 2. The number of amides is 1. The number of methoxy groups -OCH3 is 2. The summed E-state index contributed by atoms with van der Waals surface area (Å²) < 4.78 is 10.9. The van der Waals surface area contributed by atoms with Crippen LogP contribution in [0.1, 0.15) is 22.5 Å². The number of nitrogen functional groups attached to an aromatic ring is 1. The number of hydrogen-bond donors (Lipinski definition) is 1. The molecule has 0 saturated carbocycles. The van der Waals surface area contributed by atoms with Crippen LogP contribution in [0.3, 0.4) is 0 Å². The number of hydrogen-bond acceptors (Lipinski definition) is 6. The first-order chi connectivity index (χ1) is 9.99. The van der Waals surface area contributed by atoms with Gasteiger partial charge in [-0.1, -0.05) is 0 Å². The van der Waals surface area contributed by atoms with Crippen LogP contribution >= 0.6 is 11.3 Å². The molecular weight excluding hydrogens is 290 g/mol. The number of nitrogens with two attached hydrogens (primary N) is 1. The molecule has 0 bridgehead atoms. The summed E-state index contributed by atoms with van der Waals surface area (Å²) in [5, 5.41) is 0.918. The predicted octanol–water partition coefficient (Wildman–Crippen LogP) is 1.66. The zero-order valence-corrected chi connectivity index (χ0v) is 13.8. The molecule has 0 aromatic carbocycles. The molecule has 1 saturated heterocycles. The molecule has 1 amide bonds. The molecule has 1 atom stereocenters. The van der Waals surface area contributed by atoms with Crippen molar-refractivity contribution >= 4 is 27.9 Å². The SMILES string of the molecule is COc1c(N2CCCC(OC)C2)sc(C(=O)N(C)C)c1N. The molecule has 1 fully saturated rings. The lowest BCUT2D eigenvalue weighted by molar-refractivity contribution is 0.0833. The summed E-state index contributed by atoms with van der Waals surface area (Å²) in [5.74, 6) is 0.504. The molecule has 1 aliphatic rings. The van der Waals surface area contributed by atoms with Gasteiger partial charge in [0.05, 0.1) is 13.2 Å². The largest absolute Gasteiger partial charge is 0.492 e. The summed E-state index contributed by atoms with van der Waals surface area (Å²) in [6.45, 7) is 1.72. The summed E-state index contributed by atoms with van der Waals surface area (Å²) in [5.41, 5.74) is 6.53. The van der Waals surface area contributed by atoms with Crippen LogP contribution in [0.25, 0.3) is 0 Å². The minimum absolute atomic E-state index is 0.0950. The predicted molar refractivity (Wildman–Crippen MR) is 85.5 cm³/mol. The Labute approximate surface area is 129 Å². The lowest BCUT2D eigenvalue weighted by Crippen LogP contribution is -2.39. The third-order valence-corrected chi connectivity index (χ3v) is 4.92. The van der Waals surface area contributed by atoms with Gasteiger partial charge in [0.15, 0.2) is 5.75 Å². The van der Waals surface area contributed by atoms with Gasteiger partial charge in [-0.3, -0.25) is 4.79 Å². The molecular formula is C14H23N3O3S. The molecule has 7 heteroatoms. The number of carbonyl (C=O) groups excluding carboxylic acids is 1. The van der Waals surface area contributed by atoms with Crippen molar-refractivity contribution < 1.29 is 14.3 Å². The first kappa shape index (κ1) is 15.9. The van der Waals surface area contributed by atoms with E-state index in [0.29, 0.717) is 16.3 Å². The van der Waals surface area contributed by atoms with Crippen LogP contribution in [0.5, 0.6) is 5.75 Å². The van der Waals surface area contributed by atoms with Gasteiger partial charge in [0.25, 0.3) is 5.91 Å². The zero-order chi connectivity index (χ0) is 15.6. The highest BCUT2D eigenvalue weighted by atomic mass is 32.1. The molecule has 2 rings (SSSR count). The van der Waals surface area contributed by atoms with Crippen LogP contribution in [0.4, 0.5) is 10.7 Å². The van der Waals surface area contributed by atoms with E-state index in [1.807, 2.05) is 0 Å².